The highest BCUT2D eigenvalue weighted by Crippen LogP contribution is 2.39. The number of benzene rings is 1. The molecule has 0 saturated heterocycles. The van der Waals surface area contributed by atoms with Crippen LogP contribution in [0.2, 0.25) is 5.02 Å². The van der Waals surface area contributed by atoms with Gasteiger partial charge in [-0.25, -0.2) is 0 Å². The van der Waals surface area contributed by atoms with Gasteiger partial charge in [0.1, 0.15) is 5.75 Å². The van der Waals surface area contributed by atoms with Crippen LogP contribution in [0, 0.1) is 16.0 Å². The molecule has 5 nitrogen and oxygen atoms in total. The van der Waals surface area contributed by atoms with Gasteiger partial charge in [-0.1, -0.05) is 18.5 Å². The molecule has 0 N–H and O–H groups in total. The van der Waals surface area contributed by atoms with Crippen molar-refractivity contribution >= 4 is 17.6 Å². The molecule has 0 aromatic heterocycles. The van der Waals surface area contributed by atoms with E-state index in [1.807, 2.05) is 0 Å². The summed E-state index contributed by atoms with van der Waals surface area (Å²) in [5, 5.41) is 11.1. The van der Waals surface area contributed by atoms with Crippen LogP contribution in [0.1, 0.15) is 18.4 Å². The van der Waals surface area contributed by atoms with Gasteiger partial charge in [0, 0.05) is 15.5 Å². The molecule has 1 aromatic rings. The van der Waals surface area contributed by atoms with E-state index in [0.717, 1.165) is 0 Å². The minimum absolute atomic E-state index is 0.302. The third-order valence-electron chi connectivity index (χ3n) is 2.90. The van der Waals surface area contributed by atoms with Crippen molar-refractivity contribution in [2.45, 2.75) is 12.8 Å². The Morgan fingerprint density at radius 3 is 2.88 bits per heavy atom. The number of carbonyl (C=O) groups excluding carboxylic acids is 1. The van der Waals surface area contributed by atoms with Crippen LogP contribution in [0.4, 0.5) is 0 Å². The number of hydrogen-bond donors (Lipinski definition) is 0. The molecule has 1 aromatic carbocycles. The summed E-state index contributed by atoms with van der Waals surface area (Å²) in [5.74, 6) is -1.10. The molecule has 2 rings (SSSR count). The third kappa shape index (κ3) is 2.24. The molecule has 0 bridgehead atoms. The van der Waals surface area contributed by atoms with Gasteiger partial charge in [0.25, 0.3) is 0 Å². The number of hydrogen-bond acceptors (Lipinski definition) is 4. The number of ether oxygens (including phenoxy) is 1. The molecule has 0 spiro atoms. The van der Waals surface area contributed by atoms with E-state index in [0.29, 0.717) is 16.3 Å². The quantitative estimate of drug-likeness (QED) is 0.352. The van der Waals surface area contributed by atoms with Gasteiger partial charge in [0.15, 0.2) is 0 Å². The van der Waals surface area contributed by atoms with E-state index >= 15 is 0 Å². The van der Waals surface area contributed by atoms with Gasteiger partial charge in [-0.15, -0.1) is 0 Å². The molecule has 0 fully saturated rings. The summed E-state index contributed by atoms with van der Waals surface area (Å²) < 4.78 is 5.09. The number of halogens is 1. The summed E-state index contributed by atoms with van der Waals surface area (Å²) in [5.41, 5.74) is 0.626. The zero-order chi connectivity index (χ0) is 12.6. The lowest BCUT2D eigenvalue weighted by molar-refractivity contribution is -0.484. The molecule has 90 valence electrons. The fourth-order valence-corrected chi connectivity index (χ4v) is 2.13. The van der Waals surface area contributed by atoms with Crippen LogP contribution >= 0.6 is 11.6 Å². The van der Waals surface area contributed by atoms with Crippen molar-refractivity contribution in [3.05, 3.63) is 38.9 Å². The lowest BCUT2D eigenvalue weighted by Crippen LogP contribution is -2.33. The van der Waals surface area contributed by atoms with Crippen LogP contribution in [0.5, 0.6) is 5.75 Å². The Morgan fingerprint density at radius 2 is 2.24 bits per heavy atom. The third-order valence-corrected chi connectivity index (χ3v) is 3.14. The summed E-state index contributed by atoms with van der Waals surface area (Å²) >= 11 is 5.85. The summed E-state index contributed by atoms with van der Waals surface area (Å²) in [6.07, 6.45) is 0. The van der Waals surface area contributed by atoms with Crippen molar-refractivity contribution in [3.8, 4) is 5.75 Å². The molecular formula is C11H10ClNO4. The molecule has 0 radical (unpaired) electrons. The summed E-state index contributed by atoms with van der Waals surface area (Å²) in [6.45, 7) is 1.32. The van der Waals surface area contributed by atoms with Gasteiger partial charge in [0.2, 0.25) is 6.54 Å². The fraction of sp³-hybridized carbons (Fsp3) is 0.364. The first-order valence-corrected chi connectivity index (χ1v) is 5.50. The second kappa shape index (κ2) is 4.33. The van der Waals surface area contributed by atoms with E-state index in [1.165, 1.54) is 0 Å². The smallest absolute Gasteiger partial charge is 0.314 e. The van der Waals surface area contributed by atoms with Gasteiger partial charge in [-0.05, 0) is 18.2 Å². The minimum atomic E-state index is -0.536. The van der Waals surface area contributed by atoms with Crippen LogP contribution in [0.15, 0.2) is 18.2 Å². The van der Waals surface area contributed by atoms with Crippen molar-refractivity contribution < 1.29 is 14.5 Å². The maximum absolute atomic E-state index is 11.6. The highest BCUT2D eigenvalue weighted by Gasteiger charge is 2.37. The molecular weight excluding hydrogens is 246 g/mol. The summed E-state index contributed by atoms with van der Waals surface area (Å²) in [6, 6.07) is 4.77. The van der Waals surface area contributed by atoms with E-state index in [1.54, 1.807) is 25.1 Å². The Bertz CT molecular complexity index is 488. The van der Waals surface area contributed by atoms with Crippen molar-refractivity contribution in [1.82, 2.24) is 0 Å². The molecule has 0 amide bonds. The monoisotopic (exact) mass is 255 g/mol. The number of nitrogens with zero attached hydrogens (tertiary/aromatic N) is 1. The van der Waals surface area contributed by atoms with Crippen molar-refractivity contribution in [2.75, 3.05) is 6.54 Å². The Hall–Kier alpha value is -1.62. The first-order chi connectivity index (χ1) is 7.99. The van der Waals surface area contributed by atoms with Crippen molar-refractivity contribution in [3.63, 3.8) is 0 Å². The number of rotatable bonds is 2. The summed E-state index contributed by atoms with van der Waals surface area (Å²) in [7, 11) is 0. The topological polar surface area (TPSA) is 69.4 Å². The predicted octanol–water partition coefficient (Wildman–Crippen LogP) is 2.26. The Kier molecular flexibility index (Phi) is 3.02. The largest absolute Gasteiger partial charge is 0.426 e. The number of esters is 1. The number of nitro groups is 1. The maximum Gasteiger partial charge on any atom is 0.314 e. The first kappa shape index (κ1) is 11.9. The molecule has 2 atom stereocenters. The fourth-order valence-electron chi connectivity index (χ4n) is 1.95. The molecule has 1 heterocycles. The molecule has 6 heteroatoms. The first-order valence-electron chi connectivity index (χ1n) is 5.12. The second-order valence-electron chi connectivity index (χ2n) is 4.01. The highest BCUT2D eigenvalue weighted by molar-refractivity contribution is 6.30. The normalized spacial score (nSPS) is 22.8. The Labute approximate surface area is 102 Å². The zero-order valence-corrected chi connectivity index (χ0v) is 9.81. The maximum atomic E-state index is 11.6. The van der Waals surface area contributed by atoms with Crippen molar-refractivity contribution in [1.29, 1.82) is 0 Å². The SMILES string of the molecule is C[C@@H]1C(=O)Oc2ccc(Cl)cc2[C@@H]1C[N+](=O)[O-]. The van der Waals surface area contributed by atoms with E-state index in [9.17, 15) is 14.9 Å². The average molecular weight is 256 g/mol. The van der Waals surface area contributed by atoms with E-state index in [-0.39, 0.29) is 6.54 Å². The van der Waals surface area contributed by atoms with E-state index in [4.69, 9.17) is 16.3 Å². The van der Waals surface area contributed by atoms with Crippen LogP contribution < -0.4 is 4.74 Å². The molecule has 1 aliphatic heterocycles. The van der Waals surface area contributed by atoms with Gasteiger partial charge in [-0.3, -0.25) is 14.9 Å². The number of carbonyl (C=O) groups is 1. The van der Waals surface area contributed by atoms with Crippen LogP contribution in [-0.4, -0.2) is 17.4 Å². The standard InChI is InChI=1S/C11H10ClNO4/c1-6-9(5-13(15)16)8-4-7(12)2-3-10(8)17-11(6)14/h2-4,6,9H,5H2,1H3/t6-,9+/m0/s1. The van der Waals surface area contributed by atoms with Gasteiger partial charge < -0.3 is 4.74 Å². The average Bonchev–Trinajstić information content (AvgIpc) is 2.25. The summed E-state index contributed by atoms with van der Waals surface area (Å²) in [4.78, 5) is 21.8. The molecule has 17 heavy (non-hydrogen) atoms. The van der Waals surface area contributed by atoms with Gasteiger partial charge in [-0.2, -0.15) is 0 Å². The predicted molar refractivity (Wildman–Crippen MR) is 60.9 cm³/mol. The Morgan fingerprint density at radius 1 is 1.53 bits per heavy atom. The zero-order valence-electron chi connectivity index (χ0n) is 9.05. The lowest BCUT2D eigenvalue weighted by atomic mass is 9.85. The van der Waals surface area contributed by atoms with Crippen molar-refractivity contribution in [2.24, 2.45) is 5.92 Å². The van der Waals surface area contributed by atoms with E-state index < -0.39 is 22.7 Å². The van der Waals surface area contributed by atoms with E-state index in [2.05, 4.69) is 0 Å². The van der Waals surface area contributed by atoms with Crippen LogP contribution in [0.3, 0.4) is 0 Å². The molecule has 0 saturated carbocycles. The highest BCUT2D eigenvalue weighted by atomic mass is 35.5. The lowest BCUT2D eigenvalue weighted by Gasteiger charge is -2.27. The van der Waals surface area contributed by atoms with Crippen LogP contribution in [-0.2, 0) is 4.79 Å². The number of fused-ring (bicyclic) bond motifs is 1. The molecule has 0 aliphatic carbocycles. The van der Waals surface area contributed by atoms with Crippen LogP contribution in [0.25, 0.3) is 0 Å². The molecule has 1 aliphatic rings. The van der Waals surface area contributed by atoms with Gasteiger partial charge >= 0.3 is 5.97 Å². The second-order valence-corrected chi connectivity index (χ2v) is 4.45. The van der Waals surface area contributed by atoms with Gasteiger partial charge in [0.05, 0.1) is 11.8 Å². The minimum Gasteiger partial charge on any atom is -0.426 e. The molecule has 0 unspecified atom stereocenters. The Balaban J connectivity index is 2.46.